The summed E-state index contributed by atoms with van der Waals surface area (Å²) in [4.78, 5) is 23.5. The van der Waals surface area contributed by atoms with Crippen LogP contribution in [-0.2, 0) is 9.59 Å². The maximum absolute atomic E-state index is 13.4. The molecule has 0 saturated heterocycles. The summed E-state index contributed by atoms with van der Waals surface area (Å²) in [6.07, 6.45) is 0. The van der Waals surface area contributed by atoms with Crippen molar-refractivity contribution in [1.82, 2.24) is 9.78 Å². The first-order valence-electron chi connectivity index (χ1n) is 9.73. The number of methoxy groups -OCH3 is 1. The van der Waals surface area contributed by atoms with E-state index >= 15 is 0 Å². The van der Waals surface area contributed by atoms with Gasteiger partial charge in [0.15, 0.2) is 18.1 Å². The fourth-order valence-electron chi connectivity index (χ4n) is 3.53. The first-order valence-corrected chi connectivity index (χ1v) is 10.8. The van der Waals surface area contributed by atoms with Gasteiger partial charge in [0.2, 0.25) is 5.91 Å². The van der Waals surface area contributed by atoms with Crippen LogP contribution in [-0.4, -0.2) is 41.1 Å². The normalized spacial score (nSPS) is 15.5. The number of rotatable bonds is 6. The van der Waals surface area contributed by atoms with Crippen LogP contribution < -0.4 is 20.5 Å². The number of nitrogens with one attached hydrogen (secondary N) is 1. The molecule has 8 nitrogen and oxygen atoms in total. The summed E-state index contributed by atoms with van der Waals surface area (Å²) in [6, 6.07) is 11.3. The average Bonchev–Trinajstić information content (AvgIpc) is 2.97. The van der Waals surface area contributed by atoms with Crippen molar-refractivity contribution in [2.45, 2.75) is 12.2 Å². The number of nitrogens with zero attached hydrogens (tertiary/aromatic N) is 2. The topological polar surface area (TPSA) is 108 Å². The SMILES string of the molecule is COc1cc([C@H]2SCC(=O)Nc3c2c(C)nn3-c2ccc(F)cc2)ccc1OCC(N)=O. The summed E-state index contributed by atoms with van der Waals surface area (Å²) in [5.41, 5.74) is 8.25. The number of hydrogen-bond donors (Lipinski definition) is 2. The number of hydrogen-bond acceptors (Lipinski definition) is 6. The highest BCUT2D eigenvalue weighted by atomic mass is 32.2. The number of fused-ring (bicyclic) bond motifs is 1. The number of amides is 2. The monoisotopic (exact) mass is 456 g/mol. The molecule has 10 heteroatoms. The van der Waals surface area contributed by atoms with Crippen LogP contribution in [0.25, 0.3) is 5.69 Å². The Balaban J connectivity index is 1.78. The van der Waals surface area contributed by atoms with Gasteiger partial charge in [0, 0.05) is 5.56 Å². The fraction of sp³-hybridized carbons (Fsp3) is 0.227. The van der Waals surface area contributed by atoms with Crippen LogP contribution in [0.2, 0.25) is 0 Å². The molecule has 0 unspecified atom stereocenters. The van der Waals surface area contributed by atoms with Gasteiger partial charge in [-0.2, -0.15) is 5.10 Å². The van der Waals surface area contributed by atoms with Gasteiger partial charge in [-0.15, -0.1) is 11.8 Å². The molecule has 1 atom stereocenters. The zero-order chi connectivity index (χ0) is 22.8. The molecular weight excluding hydrogens is 435 g/mol. The number of ether oxygens (including phenoxy) is 2. The van der Waals surface area contributed by atoms with E-state index in [2.05, 4.69) is 10.4 Å². The number of halogens is 1. The van der Waals surface area contributed by atoms with Crippen molar-refractivity contribution >= 4 is 29.4 Å². The Hall–Kier alpha value is -3.53. The maximum Gasteiger partial charge on any atom is 0.255 e. The lowest BCUT2D eigenvalue weighted by atomic mass is 10.0. The second kappa shape index (κ2) is 8.91. The lowest BCUT2D eigenvalue weighted by Crippen LogP contribution is -2.20. The zero-order valence-corrected chi connectivity index (χ0v) is 18.2. The Morgan fingerprint density at radius 1 is 1.28 bits per heavy atom. The molecule has 0 saturated carbocycles. The molecule has 0 spiro atoms. The number of nitrogens with two attached hydrogens (primary N) is 1. The molecule has 3 N–H and O–H groups in total. The number of primary amides is 1. The van der Waals surface area contributed by atoms with E-state index in [4.69, 9.17) is 15.2 Å². The summed E-state index contributed by atoms with van der Waals surface area (Å²) in [7, 11) is 1.50. The average molecular weight is 456 g/mol. The van der Waals surface area contributed by atoms with Gasteiger partial charge in [0.1, 0.15) is 11.6 Å². The minimum Gasteiger partial charge on any atom is -0.493 e. The van der Waals surface area contributed by atoms with Crippen molar-refractivity contribution in [3.05, 3.63) is 65.1 Å². The largest absolute Gasteiger partial charge is 0.493 e. The highest BCUT2D eigenvalue weighted by molar-refractivity contribution is 8.00. The number of thioether (sulfide) groups is 1. The molecule has 166 valence electrons. The molecular formula is C22H21FN4O4S. The predicted molar refractivity (Wildman–Crippen MR) is 119 cm³/mol. The second-order valence-electron chi connectivity index (χ2n) is 7.14. The van der Waals surface area contributed by atoms with E-state index in [0.717, 1.165) is 16.8 Å². The summed E-state index contributed by atoms with van der Waals surface area (Å²) in [5, 5.41) is 7.32. The third-order valence-corrected chi connectivity index (χ3v) is 6.21. The first kappa shape index (κ1) is 21.7. The molecule has 2 heterocycles. The van der Waals surface area contributed by atoms with Crippen LogP contribution in [0, 0.1) is 12.7 Å². The second-order valence-corrected chi connectivity index (χ2v) is 8.23. The smallest absolute Gasteiger partial charge is 0.255 e. The van der Waals surface area contributed by atoms with Crippen LogP contribution in [0.15, 0.2) is 42.5 Å². The van der Waals surface area contributed by atoms with Crippen LogP contribution in [0.4, 0.5) is 10.2 Å². The van der Waals surface area contributed by atoms with Gasteiger partial charge in [-0.1, -0.05) is 6.07 Å². The Morgan fingerprint density at radius 2 is 2.03 bits per heavy atom. The fourth-order valence-corrected chi connectivity index (χ4v) is 4.71. The number of carbonyl (C=O) groups is 2. The van der Waals surface area contributed by atoms with Crippen molar-refractivity contribution < 1.29 is 23.5 Å². The van der Waals surface area contributed by atoms with Gasteiger partial charge in [0.05, 0.1) is 29.5 Å². The minimum atomic E-state index is -0.589. The molecule has 0 bridgehead atoms. The molecule has 2 aromatic carbocycles. The molecule has 1 aliphatic heterocycles. The van der Waals surface area contributed by atoms with Crippen molar-refractivity contribution in [2.75, 3.05) is 24.8 Å². The molecule has 32 heavy (non-hydrogen) atoms. The first-order chi connectivity index (χ1) is 15.4. The molecule has 2 amide bonds. The summed E-state index contributed by atoms with van der Waals surface area (Å²) in [6.45, 7) is 1.60. The van der Waals surface area contributed by atoms with Crippen LogP contribution in [0.5, 0.6) is 11.5 Å². The van der Waals surface area contributed by atoms with Crippen molar-refractivity contribution in [3.8, 4) is 17.2 Å². The van der Waals surface area contributed by atoms with Gasteiger partial charge in [0.25, 0.3) is 5.91 Å². The summed E-state index contributed by atoms with van der Waals surface area (Å²) in [5.74, 6) is 0.516. The molecule has 0 fully saturated rings. The van der Waals surface area contributed by atoms with Gasteiger partial charge < -0.3 is 20.5 Å². The van der Waals surface area contributed by atoms with E-state index in [1.165, 1.54) is 31.0 Å². The number of carbonyl (C=O) groups excluding carboxylic acids is 2. The zero-order valence-electron chi connectivity index (χ0n) is 17.4. The quantitative estimate of drug-likeness (QED) is 0.590. The minimum absolute atomic E-state index is 0.157. The van der Waals surface area contributed by atoms with E-state index in [1.807, 2.05) is 19.1 Å². The van der Waals surface area contributed by atoms with Gasteiger partial charge in [-0.3, -0.25) is 9.59 Å². The van der Waals surface area contributed by atoms with Crippen molar-refractivity contribution in [3.63, 3.8) is 0 Å². The Bertz CT molecular complexity index is 1180. The van der Waals surface area contributed by atoms with Crippen LogP contribution in [0.1, 0.15) is 22.1 Å². The Morgan fingerprint density at radius 3 is 2.72 bits per heavy atom. The molecule has 1 aromatic heterocycles. The molecule has 4 rings (SSSR count). The predicted octanol–water partition coefficient (Wildman–Crippen LogP) is 2.97. The van der Waals surface area contributed by atoms with Gasteiger partial charge in [-0.25, -0.2) is 9.07 Å². The van der Waals surface area contributed by atoms with E-state index < -0.39 is 5.91 Å². The van der Waals surface area contributed by atoms with E-state index in [0.29, 0.717) is 23.0 Å². The Kier molecular flexibility index (Phi) is 6.04. The van der Waals surface area contributed by atoms with Gasteiger partial charge in [-0.05, 0) is 48.9 Å². The molecule has 0 aliphatic carbocycles. The highest BCUT2D eigenvalue weighted by Gasteiger charge is 2.31. The number of aromatic nitrogens is 2. The van der Waals surface area contributed by atoms with E-state index in [-0.39, 0.29) is 29.3 Å². The molecule has 3 aromatic rings. The lowest BCUT2D eigenvalue weighted by molar-refractivity contribution is -0.120. The van der Waals surface area contributed by atoms with Crippen molar-refractivity contribution in [1.29, 1.82) is 0 Å². The third-order valence-electron chi connectivity index (χ3n) is 4.94. The van der Waals surface area contributed by atoms with E-state index in [1.54, 1.807) is 22.9 Å². The van der Waals surface area contributed by atoms with E-state index in [9.17, 15) is 14.0 Å². The molecule has 1 aliphatic rings. The number of benzene rings is 2. The maximum atomic E-state index is 13.4. The standard InChI is InChI=1S/C22H21FN4O4S/c1-12-20-21(13-3-8-16(17(9-13)30-2)31-10-18(24)28)32-11-19(29)25-22(20)27(26-12)15-6-4-14(23)5-7-15/h3-9,21H,10-11H2,1-2H3,(H2,24,28)(H,25,29)/t21-/m1/s1. The van der Waals surface area contributed by atoms with Crippen LogP contribution in [0.3, 0.4) is 0 Å². The highest BCUT2D eigenvalue weighted by Crippen LogP contribution is 2.45. The summed E-state index contributed by atoms with van der Waals surface area (Å²) < 4.78 is 25.9. The van der Waals surface area contributed by atoms with Crippen molar-refractivity contribution in [2.24, 2.45) is 5.73 Å². The van der Waals surface area contributed by atoms with Crippen LogP contribution >= 0.6 is 11.8 Å². The number of anilines is 1. The van der Waals surface area contributed by atoms with Gasteiger partial charge >= 0.3 is 0 Å². The molecule has 0 radical (unpaired) electrons. The summed E-state index contributed by atoms with van der Waals surface area (Å²) >= 11 is 1.46. The third kappa shape index (κ3) is 4.26. The lowest BCUT2D eigenvalue weighted by Gasteiger charge is -2.18. The Labute approximate surface area is 187 Å². The number of aryl methyl sites for hydroxylation is 1.